The molecule has 0 aliphatic carbocycles. The second-order valence-electron chi connectivity index (χ2n) is 5.67. The van der Waals surface area contributed by atoms with Gasteiger partial charge in [0.05, 0.1) is 12.1 Å². The summed E-state index contributed by atoms with van der Waals surface area (Å²) >= 11 is 1.50. The van der Waals surface area contributed by atoms with E-state index in [0.717, 1.165) is 22.6 Å². The molecule has 1 N–H and O–H groups in total. The van der Waals surface area contributed by atoms with Gasteiger partial charge in [0.2, 0.25) is 0 Å². The first-order valence-corrected chi connectivity index (χ1v) is 7.87. The molecule has 2 aromatic rings. The number of hydrogen-bond donors (Lipinski definition) is 1. The number of hydrogen-bond acceptors (Lipinski definition) is 4. The minimum atomic E-state index is -0.274. The van der Waals surface area contributed by atoms with Gasteiger partial charge in [0.1, 0.15) is 10.7 Å². The van der Waals surface area contributed by atoms with Gasteiger partial charge in [0, 0.05) is 17.6 Å². The number of amides is 1. The number of carbonyl (C=O) groups excluding carboxylic acids is 1. The van der Waals surface area contributed by atoms with E-state index in [4.69, 9.17) is 4.74 Å². The molecule has 0 saturated carbocycles. The van der Waals surface area contributed by atoms with Gasteiger partial charge >= 0.3 is 0 Å². The Hall–Kier alpha value is -1.72. The van der Waals surface area contributed by atoms with Crippen molar-refractivity contribution in [2.45, 2.75) is 25.8 Å². The van der Waals surface area contributed by atoms with Gasteiger partial charge < -0.3 is 10.1 Å². The average molecular weight is 302 g/mol. The Labute approximate surface area is 128 Å². The third-order valence-electron chi connectivity index (χ3n) is 3.75. The standard InChI is InChI=1S/C16H18N2O2S/c1-11-5-3-4-6-12(11)15-17-13(9-21-15)14(19)18-16(2)7-8-20-10-16/h3-6,9H,7-8,10H2,1-2H3,(H,18,19). The van der Waals surface area contributed by atoms with Crippen LogP contribution in [0.25, 0.3) is 10.6 Å². The number of benzene rings is 1. The van der Waals surface area contributed by atoms with Crippen LogP contribution in [0, 0.1) is 6.92 Å². The van der Waals surface area contributed by atoms with Gasteiger partial charge in [-0.1, -0.05) is 24.3 Å². The first-order chi connectivity index (χ1) is 10.1. The van der Waals surface area contributed by atoms with Crippen molar-refractivity contribution in [1.82, 2.24) is 10.3 Å². The second kappa shape index (κ2) is 5.58. The highest BCUT2D eigenvalue weighted by molar-refractivity contribution is 7.13. The Morgan fingerprint density at radius 1 is 1.43 bits per heavy atom. The number of carbonyl (C=O) groups is 1. The highest BCUT2D eigenvalue weighted by Gasteiger charge is 2.32. The van der Waals surface area contributed by atoms with Crippen molar-refractivity contribution in [1.29, 1.82) is 0 Å². The zero-order chi connectivity index (χ0) is 14.9. The van der Waals surface area contributed by atoms with E-state index in [2.05, 4.69) is 10.3 Å². The zero-order valence-corrected chi connectivity index (χ0v) is 13.0. The monoisotopic (exact) mass is 302 g/mol. The molecule has 1 aliphatic heterocycles. The number of aryl methyl sites for hydroxylation is 1. The summed E-state index contributed by atoms with van der Waals surface area (Å²) < 4.78 is 5.35. The fourth-order valence-electron chi connectivity index (χ4n) is 2.42. The molecule has 1 saturated heterocycles. The van der Waals surface area contributed by atoms with Crippen molar-refractivity contribution in [3.05, 3.63) is 40.9 Å². The van der Waals surface area contributed by atoms with Crippen molar-refractivity contribution in [3.8, 4) is 10.6 Å². The molecule has 0 spiro atoms. The fraction of sp³-hybridized carbons (Fsp3) is 0.375. The first kappa shape index (κ1) is 14.2. The van der Waals surface area contributed by atoms with Crippen molar-refractivity contribution in [3.63, 3.8) is 0 Å². The molecule has 1 aromatic heterocycles. The smallest absolute Gasteiger partial charge is 0.271 e. The lowest BCUT2D eigenvalue weighted by molar-refractivity contribution is 0.0885. The summed E-state index contributed by atoms with van der Waals surface area (Å²) in [6.45, 7) is 5.32. The van der Waals surface area contributed by atoms with Crippen molar-refractivity contribution >= 4 is 17.2 Å². The van der Waals surface area contributed by atoms with Gasteiger partial charge in [0.15, 0.2) is 0 Å². The summed E-state index contributed by atoms with van der Waals surface area (Å²) in [6, 6.07) is 8.07. The van der Waals surface area contributed by atoms with Crippen molar-refractivity contribution < 1.29 is 9.53 Å². The van der Waals surface area contributed by atoms with Gasteiger partial charge in [-0.2, -0.15) is 0 Å². The van der Waals surface area contributed by atoms with Gasteiger partial charge in [-0.3, -0.25) is 4.79 Å². The summed E-state index contributed by atoms with van der Waals surface area (Å²) in [5, 5.41) is 5.73. The predicted molar refractivity (Wildman–Crippen MR) is 83.6 cm³/mol. The van der Waals surface area contributed by atoms with E-state index in [1.54, 1.807) is 0 Å². The summed E-state index contributed by atoms with van der Waals surface area (Å²) in [7, 11) is 0. The predicted octanol–water partition coefficient (Wildman–Crippen LogP) is 3.03. The molecule has 4 nitrogen and oxygen atoms in total. The van der Waals surface area contributed by atoms with Crippen LogP contribution in [0.4, 0.5) is 0 Å². The quantitative estimate of drug-likeness (QED) is 0.948. The largest absolute Gasteiger partial charge is 0.379 e. The van der Waals surface area contributed by atoms with E-state index in [0.29, 0.717) is 18.9 Å². The Morgan fingerprint density at radius 2 is 2.24 bits per heavy atom. The minimum Gasteiger partial charge on any atom is -0.379 e. The van der Waals surface area contributed by atoms with Crippen LogP contribution in [-0.4, -0.2) is 29.6 Å². The zero-order valence-electron chi connectivity index (χ0n) is 12.2. The maximum absolute atomic E-state index is 12.3. The van der Waals surface area contributed by atoms with Crippen LogP contribution >= 0.6 is 11.3 Å². The SMILES string of the molecule is Cc1ccccc1-c1nc(C(=O)NC2(C)CCOC2)cs1. The molecule has 1 amide bonds. The Bertz CT molecular complexity index is 660. The Morgan fingerprint density at radius 3 is 2.95 bits per heavy atom. The maximum atomic E-state index is 12.3. The van der Waals surface area contributed by atoms with Gasteiger partial charge in [-0.05, 0) is 25.8 Å². The number of nitrogens with zero attached hydrogens (tertiary/aromatic N) is 1. The third-order valence-corrected chi connectivity index (χ3v) is 4.62. The number of aromatic nitrogens is 1. The minimum absolute atomic E-state index is 0.126. The molecule has 110 valence electrons. The van der Waals surface area contributed by atoms with Crippen LogP contribution in [0.3, 0.4) is 0 Å². The molecule has 1 unspecified atom stereocenters. The number of rotatable bonds is 3. The van der Waals surface area contributed by atoms with Gasteiger partial charge in [0.25, 0.3) is 5.91 Å². The lowest BCUT2D eigenvalue weighted by Crippen LogP contribution is -2.46. The van der Waals surface area contributed by atoms with E-state index in [9.17, 15) is 4.79 Å². The molecule has 21 heavy (non-hydrogen) atoms. The number of nitrogens with one attached hydrogen (secondary N) is 1. The molecular weight excluding hydrogens is 284 g/mol. The van der Waals surface area contributed by atoms with Crippen LogP contribution in [0.1, 0.15) is 29.4 Å². The fourth-order valence-corrected chi connectivity index (χ4v) is 3.31. The van der Waals surface area contributed by atoms with Gasteiger partial charge in [-0.25, -0.2) is 4.98 Å². The Balaban J connectivity index is 1.79. The van der Waals surface area contributed by atoms with E-state index < -0.39 is 0 Å². The van der Waals surface area contributed by atoms with Crippen LogP contribution < -0.4 is 5.32 Å². The van der Waals surface area contributed by atoms with Crippen molar-refractivity contribution in [2.24, 2.45) is 0 Å². The summed E-state index contributed by atoms with van der Waals surface area (Å²) in [5.41, 5.74) is 2.45. The lowest BCUT2D eigenvalue weighted by atomic mass is 10.0. The molecule has 1 aliphatic rings. The van der Waals surface area contributed by atoms with Gasteiger partial charge in [-0.15, -0.1) is 11.3 Å². The van der Waals surface area contributed by atoms with Crippen LogP contribution in [0.5, 0.6) is 0 Å². The normalized spacial score (nSPS) is 21.4. The second-order valence-corrected chi connectivity index (χ2v) is 6.53. The first-order valence-electron chi connectivity index (χ1n) is 6.99. The molecule has 2 heterocycles. The molecule has 0 bridgehead atoms. The van der Waals surface area contributed by atoms with E-state index in [-0.39, 0.29) is 11.4 Å². The maximum Gasteiger partial charge on any atom is 0.271 e. The number of ether oxygens (including phenoxy) is 1. The van der Waals surface area contributed by atoms with E-state index >= 15 is 0 Å². The summed E-state index contributed by atoms with van der Waals surface area (Å²) in [6.07, 6.45) is 0.841. The topological polar surface area (TPSA) is 51.2 Å². The average Bonchev–Trinajstić information content (AvgIpc) is 3.08. The molecule has 0 radical (unpaired) electrons. The molecule has 1 fully saturated rings. The lowest BCUT2D eigenvalue weighted by Gasteiger charge is -2.22. The van der Waals surface area contributed by atoms with Crippen LogP contribution in [-0.2, 0) is 4.74 Å². The third kappa shape index (κ3) is 2.99. The van der Waals surface area contributed by atoms with E-state index in [1.807, 2.05) is 43.5 Å². The molecular formula is C16H18N2O2S. The molecule has 1 aromatic carbocycles. The van der Waals surface area contributed by atoms with E-state index in [1.165, 1.54) is 11.3 Å². The summed E-state index contributed by atoms with van der Waals surface area (Å²) in [4.78, 5) is 16.8. The highest BCUT2D eigenvalue weighted by Crippen LogP contribution is 2.27. The number of thiazole rings is 1. The summed E-state index contributed by atoms with van der Waals surface area (Å²) in [5.74, 6) is -0.126. The molecule has 3 rings (SSSR count). The Kier molecular flexibility index (Phi) is 3.78. The molecule has 1 atom stereocenters. The van der Waals surface area contributed by atoms with Crippen LogP contribution in [0.2, 0.25) is 0 Å². The molecule has 5 heteroatoms. The van der Waals surface area contributed by atoms with Crippen molar-refractivity contribution in [2.75, 3.05) is 13.2 Å². The highest BCUT2D eigenvalue weighted by atomic mass is 32.1. The van der Waals surface area contributed by atoms with Crippen LogP contribution in [0.15, 0.2) is 29.6 Å².